The lowest BCUT2D eigenvalue weighted by Gasteiger charge is -2.29. The molecule has 0 saturated carbocycles. The second kappa shape index (κ2) is 8.32. The summed E-state index contributed by atoms with van der Waals surface area (Å²) in [6.07, 6.45) is 0.830. The smallest absolute Gasteiger partial charge is 0.265 e. The minimum Gasteiger partial charge on any atom is -0.482 e. The zero-order chi connectivity index (χ0) is 22.2. The number of anilines is 2. The molecule has 2 heterocycles. The normalized spacial score (nSPS) is 13.6. The first kappa shape index (κ1) is 21.3. The lowest BCUT2D eigenvalue weighted by molar-refractivity contribution is -0.121. The topological polar surface area (TPSA) is 88.6 Å². The van der Waals surface area contributed by atoms with E-state index in [-0.39, 0.29) is 22.5 Å². The van der Waals surface area contributed by atoms with Gasteiger partial charge in [0.05, 0.1) is 16.3 Å². The van der Waals surface area contributed by atoms with Crippen molar-refractivity contribution >= 4 is 38.1 Å². The third-order valence-electron chi connectivity index (χ3n) is 4.99. The summed E-state index contributed by atoms with van der Waals surface area (Å²) in [5.41, 5.74) is 3.80. The Morgan fingerprint density at radius 3 is 2.74 bits per heavy atom. The van der Waals surface area contributed by atoms with Gasteiger partial charge in [-0.05, 0) is 50.1 Å². The average molecular weight is 458 g/mol. The van der Waals surface area contributed by atoms with Gasteiger partial charge in [-0.25, -0.2) is 13.4 Å². The summed E-state index contributed by atoms with van der Waals surface area (Å²) < 4.78 is 33.7. The third-order valence-corrected chi connectivity index (χ3v) is 7.38. The Kier molecular flexibility index (Phi) is 5.72. The number of carbonyl (C=O) groups excluding carboxylic acids is 1. The Balaban J connectivity index is 1.61. The first-order chi connectivity index (χ1) is 14.8. The van der Waals surface area contributed by atoms with Crippen LogP contribution in [0.25, 0.3) is 11.3 Å². The SMILES string of the molecule is CCCN1C(=O)COc2ccc(-c3csc(NS(=O)(=O)c4ccc(C)cc4C)n3)cc21. The Labute approximate surface area is 185 Å². The van der Waals surface area contributed by atoms with Crippen molar-refractivity contribution in [2.45, 2.75) is 32.1 Å². The van der Waals surface area contributed by atoms with Gasteiger partial charge in [-0.15, -0.1) is 11.3 Å². The van der Waals surface area contributed by atoms with Crippen molar-refractivity contribution < 1.29 is 17.9 Å². The Morgan fingerprint density at radius 1 is 1.19 bits per heavy atom. The number of carbonyl (C=O) groups is 1. The van der Waals surface area contributed by atoms with E-state index in [1.165, 1.54) is 11.3 Å². The van der Waals surface area contributed by atoms with Crippen LogP contribution in [0.15, 0.2) is 46.7 Å². The van der Waals surface area contributed by atoms with Gasteiger partial charge in [-0.2, -0.15) is 0 Å². The Morgan fingerprint density at radius 2 is 2.00 bits per heavy atom. The highest BCUT2D eigenvalue weighted by molar-refractivity contribution is 7.93. The number of sulfonamides is 1. The summed E-state index contributed by atoms with van der Waals surface area (Å²) in [5.74, 6) is 0.578. The molecule has 1 aromatic heterocycles. The molecule has 1 amide bonds. The number of nitrogens with one attached hydrogen (secondary N) is 1. The quantitative estimate of drug-likeness (QED) is 0.594. The van der Waals surface area contributed by atoms with Crippen LogP contribution < -0.4 is 14.4 Å². The van der Waals surface area contributed by atoms with Gasteiger partial charge in [0.15, 0.2) is 11.7 Å². The number of thiazole rings is 1. The van der Waals surface area contributed by atoms with Gasteiger partial charge in [-0.3, -0.25) is 9.52 Å². The van der Waals surface area contributed by atoms with Gasteiger partial charge >= 0.3 is 0 Å². The highest BCUT2D eigenvalue weighted by Gasteiger charge is 2.26. The van der Waals surface area contributed by atoms with E-state index in [0.29, 0.717) is 29.2 Å². The standard InChI is InChI=1S/C22H23N3O4S2/c1-4-9-25-18-11-16(6-7-19(18)29-12-21(25)26)17-13-30-22(23-17)24-31(27,28)20-8-5-14(2)10-15(20)3/h5-8,10-11,13H,4,9,12H2,1-3H3,(H,23,24). The molecule has 31 heavy (non-hydrogen) atoms. The van der Waals surface area contributed by atoms with Crippen LogP contribution in [0.1, 0.15) is 24.5 Å². The molecule has 162 valence electrons. The Hall–Kier alpha value is -2.91. The fourth-order valence-electron chi connectivity index (χ4n) is 3.55. The maximum absolute atomic E-state index is 12.8. The second-order valence-electron chi connectivity index (χ2n) is 7.43. The lowest BCUT2D eigenvalue weighted by Crippen LogP contribution is -2.39. The zero-order valence-electron chi connectivity index (χ0n) is 17.5. The van der Waals surface area contributed by atoms with Crippen LogP contribution in [0.5, 0.6) is 5.75 Å². The average Bonchev–Trinajstić information content (AvgIpc) is 3.17. The highest BCUT2D eigenvalue weighted by atomic mass is 32.2. The van der Waals surface area contributed by atoms with E-state index in [4.69, 9.17) is 4.74 Å². The molecule has 0 saturated heterocycles. The number of aromatic nitrogens is 1. The van der Waals surface area contributed by atoms with Crippen LogP contribution in [0.3, 0.4) is 0 Å². The molecule has 0 fully saturated rings. The largest absolute Gasteiger partial charge is 0.482 e. The number of fused-ring (bicyclic) bond motifs is 1. The molecule has 2 aromatic carbocycles. The van der Waals surface area contributed by atoms with Crippen molar-refractivity contribution in [3.8, 4) is 17.0 Å². The van der Waals surface area contributed by atoms with E-state index in [0.717, 1.165) is 17.5 Å². The van der Waals surface area contributed by atoms with Gasteiger partial charge in [0.1, 0.15) is 5.75 Å². The molecule has 0 unspecified atom stereocenters. The molecular weight excluding hydrogens is 434 g/mol. The zero-order valence-corrected chi connectivity index (χ0v) is 19.1. The first-order valence-corrected chi connectivity index (χ1v) is 12.3. The van der Waals surface area contributed by atoms with Crippen molar-refractivity contribution in [3.63, 3.8) is 0 Å². The monoisotopic (exact) mass is 457 g/mol. The number of benzene rings is 2. The predicted molar refractivity (Wildman–Crippen MR) is 122 cm³/mol. The van der Waals surface area contributed by atoms with Crippen LogP contribution in [0.4, 0.5) is 10.8 Å². The third kappa shape index (κ3) is 4.28. The minimum atomic E-state index is -3.74. The van der Waals surface area contributed by atoms with E-state index in [1.54, 1.807) is 29.3 Å². The second-order valence-corrected chi connectivity index (χ2v) is 9.94. The predicted octanol–water partition coefficient (Wildman–Crippen LogP) is 4.36. The molecular formula is C22H23N3O4S2. The number of rotatable bonds is 6. The number of amides is 1. The van der Waals surface area contributed by atoms with E-state index in [2.05, 4.69) is 9.71 Å². The van der Waals surface area contributed by atoms with Crippen LogP contribution in [0, 0.1) is 13.8 Å². The van der Waals surface area contributed by atoms with Gasteiger partial charge in [0, 0.05) is 17.5 Å². The fraction of sp³-hybridized carbons (Fsp3) is 0.273. The molecule has 0 aliphatic carbocycles. The van der Waals surface area contributed by atoms with E-state index < -0.39 is 10.0 Å². The van der Waals surface area contributed by atoms with Gasteiger partial charge in [-0.1, -0.05) is 24.6 Å². The fourth-order valence-corrected chi connectivity index (χ4v) is 5.75. The maximum Gasteiger partial charge on any atom is 0.265 e. The van der Waals surface area contributed by atoms with Crippen molar-refractivity contribution in [1.29, 1.82) is 0 Å². The molecule has 0 radical (unpaired) electrons. The van der Waals surface area contributed by atoms with Crippen molar-refractivity contribution in [3.05, 3.63) is 52.9 Å². The summed E-state index contributed by atoms with van der Waals surface area (Å²) >= 11 is 1.21. The van der Waals surface area contributed by atoms with E-state index in [9.17, 15) is 13.2 Å². The molecule has 0 atom stereocenters. The van der Waals surface area contributed by atoms with Crippen molar-refractivity contribution in [2.75, 3.05) is 22.8 Å². The van der Waals surface area contributed by atoms with Gasteiger partial charge in [0.2, 0.25) is 0 Å². The first-order valence-electron chi connectivity index (χ1n) is 9.91. The molecule has 0 spiro atoms. The molecule has 9 heteroatoms. The number of nitrogens with zero attached hydrogens (tertiary/aromatic N) is 2. The van der Waals surface area contributed by atoms with E-state index in [1.807, 2.05) is 38.1 Å². The summed E-state index contributed by atoms with van der Waals surface area (Å²) in [6.45, 7) is 6.35. The number of hydrogen-bond donors (Lipinski definition) is 1. The number of aryl methyl sites for hydroxylation is 2. The summed E-state index contributed by atoms with van der Waals surface area (Å²) in [5, 5.41) is 2.07. The number of ether oxygens (including phenoxy) is 1. The summed E-state index contributed by atoms with van der Waals surface area (Å²) in [6, 6.07) is 10.7. The molecule has 1 aliphatic heterocycles. The van der Waals surface area contributed by atoms with E-state index >= 15 is 0 Å². The summed E-state index contributed by atoms with van der Waals surface area (Å²) in [7, 11) is -3.74. The van der Waals surface area contributed by atoms with Gasteiger partial charge in [0.25, 0.3) is 15.9 Å². The number of hydrogen-bond acceptors (Lipinski definition) is 6. The molecule has 3 aromatic rings. The molecule has 4 rings (SSSR count). The van der Waals surface area contributed by atoms with Crippen molar-refractivity contribution in [2.24, 2.45) is 0 Å². The minimum absolute atomic E-state index is 0.0351. The van der Waals surface area contributed by atoms with Crippen LogP contribution in [-0.4, -0.2) is 32.5 Å². The van der Waals surface area contributed by atoms with Crippen molar-refractivity contribution in [1.82, 2.24) is 4.98 Å². The maximum atomic E-state index is 12.8. The van der Waals surface area contributed by atoms with Gasteiger partial charge < -0.3 is 9.64 Å². The Bertz CT molecular complexity index is 1250. The van der Waals surface area contributed by atoms with Crippen LogP contribution >= 0.6 is 11.3 Å². The summed E-state index contributed by atoms with van der Waals surface area (Å²) in [4.78, 5) is 18.7. The highest BCUT2D eigenvalue weighted by Crippen LogP contribution is 2.37. The lowest BCUT2D eigenvalue weighted by atomic mass is 10.1. The molecule has 1 aliphatic rings. The molecule has 0 bridgehead atoms. The molecule has 1 N–H and O–H groups in total. The van der Waals surface area contributed by atoms with Crippen LogP contribution in [-0.2, 0) is 14.8 Å². The van der Waals surface area contributed by atoms with Crippen LogP contribution in [0.2, 0.25) is 0 Å². The molecule has 7 nitrogen and oxygen atoms in total.